The highest BCUT2D eigenvalue weighted by atomic mass is 35.5. The lowest BCUT2D eigenvalue weighted by atomic mass is 9.74. The van der Waals surface area contributed by atoms with Crippen LogP contribution in [0.4, 0.5) is 13.2 Å². The molecule has 2 heterocycles. The van der Waals surface area contributed by atoms with E-state index in [1.807, 2.05) is 0 Å². The van der Waals surface area contributed by atoms with Crippen LogP contribution in [0, 0.1) is 22.7 Å². The molecular formula is C28H34ClF3N4O4. The van der Waals surface area contributed by atoms with Gasteiger partial charge in [-0.15, -0.1) is 0 Å². The normalized spacial score (nSPS) is 30.0. The third kappa shape index (κ3) is 5.00. The van der Waals surface area contributed by atoms with Gasteiger partial charge in [0, 0.05) is 12.2 Å². The Bertz CT molecular complexity index is 1290. The van der Waals surface area contributed by atoms with Crippen LogP contribution in [-0.4, -0.2) is 54.3 Å². The predicted molar refractivity (Wildman–Crippen MR) is 140 cm³/mol. The van der Waals surface area contributed by atoms with Crippen LogP contribution in [0.25, 0.3) is 0 Å². The van der Waals surface area contributed by atoms with Gasteiger partial charge in [-0.1, -0.05) is 25.4 Å². The Morgan fingerprint density at radius 2 is 1.82 bits per heavy atom. The summed E-state index contributed by atoms with van der Waals surface area (Å²) in [5.74, 6) is -1.10. The zero-order valence-corrected chi connectivity index (χ0v) is 23.4. The first-order valence-corrected chi connectivity index (χ1v) is 14.0. The summed E-state index contributed by atoms with van der Waals surface area (Å²) in [4.78, 5) is 31.1. The Morgan fingerprint density at radius 1 is 1.20 bits per heavy atom. The largest absolute Gasteiger partial charge is 0.481 e. The van der Waals surface area contributed by atoms with Crippen LogP contribution in [0.3, 0.4) is 0 Å². The summed E-state index contributed by atoms with van der Waals surface area (Å²) in [6, 6.07) is 2.13. The quantitative estimate of drug-likeness (QED) is 0.429. The topological polar surface area (TPSA) is 109 Å². The molecule has 1 amide bonds. The fourth-order valence-electron chi connectivity index (χ4n) is 6.98. The number of carbonyl (C=O) groups excluding carboxylic acids is 1. The van der Waals surface area contributed by atoms with Gasteiger partial charge in [-0.3, -0.25) is 19.3 Å². The zero-order chi connectivity index (χ0) is 29.2. The maximum absolute atomic E-state index is 14.5. The SMILES string of the molecule is CC1(C(=O)O)CCC(n2ncc(C(=O)N(CC(O)c3ncccc3Cl)[C@H]3C[C@@H]4[C@H](C3)C4(C)C)c2C(F)(F)F)CC1. The number of aromatic nitrogens is 3. The Hall–Kier alpha value is -2.66. The van der Waals surface area contributed by atoms with Crippen LogP contribution in [0.5, 0.6) is 0 Å². The second-order valence-corrected chi connectivity index (χ2v) is 12.9. The Kier molecular flexibility index (Phi) is 7.22. The second-order valence-electron chi connectivity index (χ2n) is 12.4. The summed E-state index contributed by atoms with van der Waals surface area (Å²) in [5.41, 5.74) is -2.43. The molecule has 3 saturated carbocycles. The van der Waals surface area contributed by atoms with Crippen molar-refractivity contribution in [1.29, 1.82) is 0 Å². The average Bonchev–Trinajstić information content (AvgIpc) is 3.31. The molecule has 8 nitrogen and oxygen atoms in total. The summed E-state index contributed by atoms with van der Waals surface area (Å²) in [5, 5.41) is 24.8. The molecule has 4 atom stereocenters. The van der Waals surface area contributed by atoms with Crippen LogP contribution < -0.4 is 0 Å². The summed E-state index contributed by atoms with van der Waals surface area (Å²) in [7, 11) is 0. The molecule has 3 aliphatic carbocycles. The lowest BCUT2D eigenvalue weighted by Crippen LogP contribution is -2.43. The van der Waals surface area contributed by atoms with Gasteiger partial charge in [0.2, 0.25) is 0 Å². The van der Waals surface area contributed by atoms with Gasteiger partial charge in [-0.05, 0) is 74.8 Å². The van der Waals surface area contributed by atoms with Crippen LogP contribution in [0.2, 0.25) is 5.02 Å². The monoisotopic (exact) mass is 582 g/mol. The number of hydrogen-bond donors (Lipinski definition) is 2. The van der Waals surface area contributed by atoms with E-state index < -0.39 is 46.9 Å². The van der Waals surface area contributed by atoms with Crippen molar-refractivity contribution in [3.63, 3.8) is 0 Å². The van der Waals surface area contributed by atoms with Gasteiger partial charge in [0.25, 0.3) is 5.91 Å². The number of carboxylic acid groups (broad SMARTS) is 1. The smallest absolute Gasteiger partial charge is 0.433 e. The highest BCUT2D eigenvalue weighted by Crippen LogP contribution is 2.67. The number of aliphatic hydroxyl groups is 1. The number of aliphatic carboxylic acids is 1. The van der Waals surface area contributed by atoms with Crippen molar-refractivity contribution < 1.29 is 33.0 Å². The van der Waals surface area contributed by atoms with Gasteiger partial charge in [0.1, 0.15) is 6.10 Å². The minimum Gasteiger partial charge on any atom is -0.481 e. The van der Waals surface area contributed by atoms with Gasteiger partial charge in [-0.2, -0.15) is 18.3 Å². The molecular weight excluding hydrogens is 549 g/mol. The molecule has 1 unspecified atom stereocenters. The number of carbonyl (C=O) groups is 2. The number of amides is 1. The molecule has 0 spiro atoms. The van der Waals surface area contributed by atoms with E-state index in [0.29, 0.717) is 24.7 Å². The Balaban J connectivity index is 1.46. The minimum atomic E-state index is -4.87. The standard InChI is InChI=1S/C28H34ClF3N4O4/c1-26(2)18-11-16(12-19(18)26)35(14-21(37)22-20(29)5-4-10-33-22)24(38)17-13-34-36(23(17)28(30,31)32)15-6-8-27(3,9-7-15)25(39)40/h4-5,10,13,15-16,18-19,21,37H,6-9,11-12,14H2,1-3H3,(H,39,40)/t15?,16-,18+,19-,21?,27?. The van der Waals surface area contributed by atoms with Gasteiger partial charge in [-0.25, -0.2) is 0 Å². The van der Waals surface area contributed by atoms with E-state index in [-0.39, 0.29) is 54.4 Å². The van der Waals surface area contributed by atoms with Crippen LogP contribution in [0.15, 0.2) is 24.5 Å². The van der Waals surface area contributed by atoms with Crippen LogP contribution in [0.1, 0.15) is 93.2 Å². The first-order chi connectivity index (χ1) is 18.6. The maximum Gasteiger partial charge on any atom is 0.433 e. The Labute approximate surface area is 235 Å². The summed E-state index contributed by atoms with van der Waals surface area (Å²) >= 11 is 6.22. The number of alkyl halides is 3. The van der Waals surface area contributed by atoms with Gasteiger partial charge >= 0.3 is 12.1 Å². The molecule has 0 radical (unpaired) electrons. The van der Waals surface area contributed by atoms with E-state index >= 15 is 0 Å². The van der Waals surface area contributed by atoms with Crippen LogP contribution in [-0.2, 0) is 11.0 Å². The van der Waals surface area contributed by atoms with Crippen LogP contribution >= 0.6 is 11.6 Å². The Morgan fingerprint density at radius 3 is 2.38 bits per heavy atom. The predicted octanol–water partition coefficient (Wildman–Crippen LogP) is 5.77. The summed E-state index contributed by atoms with van der Waals surface area (Å²) in [6.07, 6.45) is -1.67. The number of aliphatic hydroxyl groups excluding tert-OH is 1. The van der Waals surface area contributed by atoms with Crippen molar-refractivity contribution in [3.05, 3.63) is 46.5 Å². The number of fused-ring (bicyclic) bond motifs is 1. The molecule has 2 aromatic rings. The van der Waals surface area contributed by atoms with E-state index in [1.165, 1.54) is 11.1 Å². The molecule has 0 aliphatic heterocycles. The fraction of sp³-hybridized carbons (Fsp3) is 0.643. The number of rotatable bonds is 7. The highest BCUT2D eigenvalue weighted by Gasteiger charge is 2.63. The van der Waals surface area contributed by atoms with Crippen molar-refractivity contribution in [2.24, 2.45) is 22.7 Å². The second kappa shape index (κ2) is 10.0. The number of nitrogens with zero attached hydrogens (tertiary/aromatic N) is 4. The lowest BCUT2D eigenvalue weighted by Gasteiger charge is -2.35. The summed E-state index contributed by atoms with van der Waals surface area (Å²) < 4.78 is 44.4. The molecule has 40 heavy (non-hydrogen) atoms. The van der Waals surface area contributed by atoms with Gasteiger partial charge in [0.15, 0.2) is 5.69 Å². The molecule has 5 rings (SSSR count). The minimum absolute atomic E-state index is 0.127. The van der Waals surface area contributed by atoms with Gasteiger partial charge < -0.3 is 15.1 Å². The zero-order valence-electron chi connectivity index (χ0n) is 22.7. The third-order valence-electron chi connectivity index (χ3n) is 9.73. The lowest BCUT2D eigenvalue weighted by molar-refractivity contribution is -0.152. The van der Waals surface area contributed by atoms with Gasteiger partial charge in [0.05, 0.1) is 40.5 Å². The third-order valence-corrected chi connectivity index (χ3v) is 10.0. The molecule has 3 fully saturated rings. The van der Waals surface area contributed by atoms with Crippen molar-refractivity contribution in [1.82, 2.24) is 19.7 Å². The molecule has 2 aromatic heterocycles. The molecule has 0 bridgehead atoms. The van der Waals surface area contributed by atoms with E-state index in [9.17, 15) is 33.0 Å². The number of hydrogen-bond acceptors (Lipinski definition) is 5. The number of carboxylic acids is 1. The van der Waals surface area contributed by atoms with Crippen molar-refractivity contribution in [2.45, 2.75) is 83.7 Å². The average molecular weight is 583 g/mol. The fourth-order valence-corrected chi connectivity index (χ4v) is 7.22. The maximum atomic E-state index is 14.5. The molecule has 218 valence electrons. The molecule has 0 saturated heterocycles. The van der Waals surface area contributed by atoms with E-state index in [4.69, 9.17) is 11.6 Å². The molecule has 0 aromatic carbocycles. The highest BCUT2D eigenvalue weighted by molar-refractivity contribution is 6.31. The van der Waals surface area contributed by atoms with E-state index in [0.717, 1.165) is 10.9 Å². The molecule has 2 N–H and O–H groups in total. The first-order valence-electron chi connectivity index (χ1n) is 13.6. The first kappa shape index (κ1) is 28.9. The molecule has 12 heteroatoms. The van der Waals surface area contributed by atoms with Crippen molar-refractivity contribution in [3.8, 4) is 0 Å². The summed E-state index contributed by atoms with van der Waals surface area (Å²) in [6.45, 7) is 5.64. The van der Waals surface area contributed by atoms with E-state index in [1.54, 1.807) is 19.1 Å². The van der Waals surface area contributed by atoms with E-state index in [2.05, 4.69) is 23.9 Å². The molecule has 3 aliphatic rings. The number of pyridine rings is 1. The number of halogens is 4. The van der Waals surface area contributed by atoms with Crippen molar-refractivity contribution in [2.75, 3.05) is 6.54 Å². The van der Waals surface area contributed by atoms with Crippen molar-refractivity contribution >= 4 is 23.5 Å².